The molecule has 2 atom stereocenters. The molecule has 5 rings (SSSR count). The smallest absolute Gasteiger partial charge is 0.330 e. The van der Waals surface area contributed by atoms with E-state index in [1.165, 1.54) is 26.6 Å². The summed E-state index contributed by atoms with van der Waals surface area (Å²) >= 11 is 1.29. The Morgan fingerprint density at radius 2 is 2.10 bits per heavy atom. The number of oxime groups is 1. The van der Waals surface area contributed by atoms with Crippen LogP contribution in [0.4, 0.5) is 0 Å². The van der Waals surface area contributed by atoms with Crippen LogP contribution in [0.25, 0.3) is 10.9 Å². The fraction of sp³-hybridized carbons (Fsp3) is 0.417. The van der Waals surface area contributed by atoms with Crippen LogP contribution >= 0.6 is 11.3 Å². The Labute approximate surface area is 228 Å². The van der Waals surface area contributed by atoms with Gasteiger partial charge < -0.3 is 30.9 Å². The van der Waals surface area contributed by atoms with Crippen molar-refractivity contribution in [2.75, 3.05) is 26.2 Å². The molecule has 1 fully saturated rings. The average molecular weight is 576 g/mol. The van der Waals surface area contributed by atoms with Crippen LogP contribution in [-0.4, -0.2) is 88.8 Å². The maximum Gasteiger partial charge on any atom is 0.330 e. The van der Waals surface area contributed by atoms with E-state index < -0.39 is 27.9 Å². The number of thiazole rings is 1. The molecule has 1 amide bonds. The second-order valence-corrected chi connectivity index (χ2v) is 12.4. The molecule has 1 aromatic carbocycles. The number of ether oxygens (including phenoxy) is 1. The summed E-state index contributed by atoms with van der Waals surface area (Å²) in [6.45, 7) is 4.13. The second-order valence-electron chi connectivity index (χ2n) is 9.43. The van der Waals surface area contributed by atoms with Gasteiger partial charge in [-0.1, -0.05) is 17.3 Å². The number of fused-ring (bicyclic) bond motifs is 2. The Kier molecular flexibility index (Phi) is 7.33. The van der Waals surface area contributed by atoms with Gasteiger partial charge in [-0.25, -0.2) is 18.2 Å². The monoisotopic (exact) mass is 575 g/mol. The number of amides is 1. The van der Waals surface area contributed by atoms with E-state index in [0.29, 0.717) is 29.4 Å². The summed E-state index contributed by atoms with van der Waals surface area (Å²) in [4.78, 5) is 36.2. The Bertz CT molecular complexity index is 1560. The fourth-order valence-corrected chi connectivity index (χ4v) is 7.23. The number of piperazine rings is 1. The molecule has 2 aromatic heterocycles. The van der Waals surface area contributed by atoms with Gasteiger partial charge in [0.05, 0.1) is 12.3 Å². The van der Waals surface area contributed by atoms with Crippen molar-refractivity contribution in [3.05, 3.63) is 45.4 Å². The lowest BCUT2D eigenvalue weighted by Crippen LogP contribution is -2.59. The highest BCUT2D eigenvalue weighted by molar-refractivity contribution is 7.89. The zero-order valence-electron chi connectivity index (χ0n) is 21.4. The summed E-state index contributed by atoms with van der Waals surface area (Å²) in [7, 11) is -4.07. The van der Waals surface area contributed by atoms with Crippen LogP contribution < -0.4 is 11.1 Å². The van der Waals surface area contributed by atoms with E-state index in [2.05, 4.69) is 20.4 Å². The van der Waals surface area contributed by atoms with Crippen molar-refractivity contribution in [2.24, 2.45) is 10.9 Å². The largest absolute Gasteiger partial charge is 0.464 e. The molecule has 2 aliphatic rings. The molecule has 39 heavy (non-hydrogen) atoms. The minimum absolute atomic E-state index is 0.00564. The number of H-pyrrole nitrogens is 1. The maximum atomic E-state index is 13.6. The molecule has 15 heteroatoms. The van der Waals surface area contributed by atoms with Crippen molar-refractivity contribution in [3.63, 3.8) is 0 Å². The molecular weight excluding hydrogens is 546 g/mol. The SMILES string of the molecule is CCOC(=O)C1CN(S(=O)(=O)c2cc3ccc(C(N)=NO)cc3[nH]2)CCN1C(=O)c1nc2c(s1)CNC(C)C2. The first-order valence-electron chi connectivity index (χ1n) is 12.4. The van der Waals surface area contributed by atoms with Gasteiger partial charge in [0.1, 0.15) is 11.1 Å². The van der Waals surface area contributed by atoms with Gasteiger partial charge in [0.25, 0.3) is 15.9 Å². The van der Waals surface area contributed by atoms with Crippen LogP contribution in [0.15, 0.2) is 34.4 Å². The number of aromatic nitrogens is 2. The molecule has 13 nitrogen and oxygen atoms in total. The van der Waals surface area contributed by atoms with E-state index in [4.69, 9.17) is 15.7 Å². The van der Waals surface area contributed by atoms with Crippen molar-refractivity contribution in [2.45, 2.75) is 43.9 Å². The fourth-order valence-electron chi connectivity index (χ4n) is 4.78. The summed E-state index contributed by atoms with van der Waals surface area (Å²) in [5.41, 5.74) is 7.42. The van der Waals surface area contributed by atoms with E-state index >= 15 is 0 Å². The number of carbonyl (C=O) groups excluding carboxylic acids is 2. The standard InChI is InChI=1S/C24H29N7O6S2/c1-3-37-24(33)18-12-30(6-7-31(18)23(32)22-28-17-8-13(2)26-11-19(17)38-22)39(35,36)20-10-14-4-5-15(21(25)29-34)9-16(14)27-20/h4-5,9-10,13,18,26-27,34H,3,6-8,11-12H2,1-2H3,(H2,25,29). The number of sulfonamides is 1. The molecule has 0 aliphatic carbocycles. The number of hydrogen-bond donors (Lipinski definition) is 4. The van der Waals surface area contributed by atoms with Gasteiger partial charge in [0, 0.05) is 60.0 Å². The van der Waals surface area contributed by atoms with Gasteiger partial charge in [-0.2, -0.15) is 4.31 Å². The Hall–Kier alpha value is -3.53. The van der Waals surface area contributed by atoms with Crippen molar-refractivity contribution in [3.8, 4) is 0 Å². The molecule has 5 N–H and O–H groups in total. The minimum Gasteiger partial charge on any atom is -0.464 e. The molecule has 2 unspecified atom stereocenters. The molecule has 0 saturated carbocycles. The number of benzene rings is 1. The molecule has 4 heterocycles. The lowest BCUT2D eigenvalue weighted by molar-refractivity contribution is -0.149. The lowest BCUT2D eigenvalue weighted by Gasteiger charge is -2.38. The normalized spacial score (nSPS) is 20.7. The number of carbonyl (C=O) groups is 2. The van der Waals surface area contributed by atoms with Crippen molar-refractivity contribution < 1.29 is 28.0 Å². The molecular formula is C24H29N7O6S2. The molecule has 3 aromatic rings. The van der Waals surface area contributed by atoms with Crippen LogP contribution in [0.5, 0.6) is 0 Å². The third kappa shape index (κ3) is 5.09. The summed E-state index contributed by atoms with van der Waals surface area (Å²) in [5, 5.41) is 16.1. The van der Waals surface area contributed by atoms with E-state index in [0.717, 1.165) is 10.6 Å². The number of esters is 1. The minimum atomic E-state index is -4.07. The Morgan fingerprint density at radius 3 is 2.85 bits per heavy atom. The van der Waals surface area contributed by atoms with E-state index in [-0.39, 0.29) is 48.2 Å². The number of nitrogens with one attached hydrogen (secondary N) is 2. The number of nitrogens with two attached hydrogens (primary N) is 1. The number of nitrogens with zero attached hydrogens (tertiary/aromatic N) is 4. The first kappa shape index (κ1) is 27.1. The van der Waals surface area contributed by atoms with Gasteiger partial charge in [0.2, 0.25) is 0 Å². The Balaban J connectivity index is 1.41. The van der Waals surface area contributed by atoms with Crippen LogP contribution in [0.3, 0.4) is 0 Å². The van der Waals surface area contributed by atoms with E-state index in [1.54, 1.807) is 25.1 Å². The van der Waals surface area contributed by atoms with Crippen LogP contribution in [0, 0.1) is 0 Å². The summed E-state index contributed by atoms with van der Waals surface area (Å²) < 4.78 is 33.6. The number of amidine groups is 1. The van der Waals surface area contributed by atoms with Crippen molar-refractivity contribution in [1.82, 2.24) is 24.5 Å². The highest BCUT2D eigenvalue weighted by Crippen LogP contribution is 2.28. The number of hydrogen-bond acceptors (Lipinski definition) is 10. The van der Waals surface area contributed by atoms with E-state index in [9.17, 15) is 18.0 Å². The zero-order chi connectivity index (χ0) is 27.9. The van der Waals surface area contributed by atoms with E-state index in [1.807, 2.05) is 6.92 Å². The molecule has 0 radical (unpaired) electrons. The van der Waals surface area contributed by atoms with Crippen molar-refractivity contribution >= 4 is 50.0 Å². The van der Waals surface area contributed by atoms with Gasteiger partial charge >= 0.3 is 5.97 Å². The zero-order valence-corrected chi connectivity index (χ0v) is 23.0. The lowest BCUT2D eigenvalue weighted by atomic mass is 10.1. The van der Waals surface area contributed by atoms with Gasteiger partial charge in [-0.15, -0.1) is 11.3 Å². The quantitative estimate of drug-likeness (QED) is 0.109. The topological polar surface area (TPSA) is 183 Å². The average Bonchev–Trinajstić information content (AvgIpc) is 3.56. The third-order valence-corrected chi connectivity index (χ3v) is 9.73. The predicted octanol–water partition coefficient (Wildman–Crippen LogP) is 0.832. The van der Waals surface area contributed by atoms with Crippen LogP contribution in [0.1, 0.15) is 39.8 Å². The molecule has 0 spiro atoms. The first-order valence-corrected chi connectivity index (χ1v) is 14.7. The maximum absolute atomic E-state index is 13.6. The van der Waals surface area contributed by atoms with Gasteiger partial charge in [0.15, 0.2) is 10.8 Å². The Morgan fingerprint density at radius 1 is 1.31 bits per heavy atom. The second kappa shape index (κ2) is 10.6. The first-order chi connectivity index (χ1) is 18.6. The summed E-state index contributed by atoms with van der Waals surface area (Å²) in [6, 6.07) is 5.43. The number of rotatable bonds is 6. The van der Waals surface area contributed by atoms with Gasteiger partial charge in [-0.05, 0) is 26.0 Å². The third-order valence-electron chi connectivity index (χ3n) is 6.85. The van der Waals surface area contributed by atoms with Crippen molar-refractivity contribution in [1.29, 1.82) is 0 Å². The molecule has 2 aliphatic heterocycles. The van der Waals surface area contributed by atoms with Gasteiger partial charge in [-0.3, -0.25) is 4.79 Å². The highest BCUT2D eigenvalue weighted by atomic mass is 32.2. The number of aromatic amines is 1. The molecule has 208 valence electrons. The molecule has 1 saturated heterocycles. The predicted molar refractivity (Wildman–Crippen MR) is 143 cm³/mol. The summed E-state index contributed by atoms with van der Waals surface area (Å²) in [6.07, 6.45) is 0.706. The molecule has 0 bridgehead atoms. The summed E-state index contributed by atoms with van der Waals surface area (Å²) in [5.74, 6) is -1.21. The highest BCUT2D eigenvalue weighted by Gasteiger charge is 2.42. The van der Waals surface area contributed by atoms with Crippen LogP contribution in [0.2, 0.25) is 0 Å². The van der Waals surface area contributed by atoms with Crippen LogP contribution in [-0.2, 0) is 32.5 Å².